The fourth-order valence-corrected chi connectivity index (χ4v) is 1.74. The van der Waals surface area contributed by atoms with Crippen LogP contribution in [-0.4, -0.2) is 10.2 Å². The number of H-pyrrole nitrogens is 1. The molecule has 0 unspecified atom stereocenters. The Kier molecular flexibility index (Phi) is 2.89. The van der Waals surface area contributed by atoms with Crippen molar-refractivity contribution in [2.45, 2.75) is 26.2 Å². The first-order chi connectivity index (χ1) is 7.47. The molecule has 0 saturated carbocycles. The van der Waals surface area contributed by atoms with Crippen molar-refractivity contribution in [2.24, 2.45) is 0 Å². The van der Waals surface area contributed by atoms with Crippen LogP contribution in [0.4, 0.5) is 0 Å². The number of benzene rings is 1. The number of rotatable bonds is 1. The molecule has 2 aromatic rings. The monoisotopic (exact) mass is 278 g/mol. The van der Waals surface area contributed by atoms with Crippen LogP contribution in [-0.2, 0) is 5.41 Å². The van der Waals surface area contributed by atoms with E-state index in [1.165, 1.54) is 0 Å². The molecule has 84 valence electrons. The zero-order chi connectivity index (χ0) is 11.8. The third-order valence-electron chi connectivity index (χ3n) is 2.53. The SMILES string of the molecule is CC(C)(C)c1cc(-c2ccc(Br)cc2)n[nH]1. The molecular formula is C13H15BrN2. The van der Waals surface area contributed by atoms with Crippen molar-refractivity contribution in [2.75, 3.05) is 0 Å². The fraction of sp³-hybridized carbons (Fsp3) is 0.308. The number of nitrogens with zero attached hydrogens (tertiary/aromatic N) is 1. The summed E-state index contributed by atoms with van der Waals surface area (Å²) >= 11 is 3.43. The molecule has 0 fully saturated rings. The van der Waals surface area contributed by atoms with E-state index in [4.69, 9.17) is 0 Å². The van der Waals surface area contributed by atoms with Gasteiger partial charge in [-0.05, 0) is 18.2 Å². The average Bonchev–Trinajstić information content (AvgIpc) is 2.67. The van der Waals surface area contributed by atoms with Crippen LogP contribution in [0.25, 0.3) is 11.3 Å². The Morgan fingerprint density at radius 3 is 2.25 bits per heavy atom. The van der Waals surface area contributed by atoms with Gasteiger partial charge in [-0.25, -0.2) is 0 Å². The summed E-state index contributed by atoms with van der Waals surface area (Å²) in [5, 5.41) is 7.44. The lowest BCUT2D eigenvalue weighted by atomic mass is 9.92. The zero-order valence-corrected chi connectivity index (χ0v) is 11.3. The minimum absolute atomic E-state index is 0.112. The van der Waals surface area contributed by atoms with Gasteiger partial charge in [-0.2, -0.15) is 5.10 Å². The number of hydrogen-bond acceptors (Lipinski definition) is 1. The van der Waals surface area contributed by atoms with Crippen LogP contribution in [0.1, 0.15) is 26.5 Å². The van der Waals surface area contributed by atoms with Gasteiger partial charge in [0.2, 0.25) is 0 Å². The van der Waals surface area contributed by atoms with E-state index in [0.29, 0.717) is 0 Å². The van der Waals surface area contributed by atoms with Gasteiger partial charge in [0.05, 0.1) is 5.69 Å². The van der Waals surface area contributed by atoms with E-state index < -0.39 is 0 Å². The topological polar surface area (TPSA) is 28.7 Å². The van der Waals surface area contributed by atoms with E-state index in [2.05, 4.69) is 65.1 Å². The second kappa shape index (κ2) is 4.06. The Morgan fingerprint density at radius 2 is 1.75 bits per heavy atom. The quantitative estimate of drug-likeness (QED) is 0.835. The van der Waals surface area contributed by atoms with Gasteiger partial charge in [0.25, 0.3) is 0 Å². The molecule has 0 amide bonds. The standard InChI is InChI=1S/C13H15BrN2/c1-13(2,3)12-8-11(15-16-12)9-4-6-10(14)7-5-9/h4-8H,1-3H3,(H,15,16). The van der Waals surface area contributed by atoms with E-state index in [1.54, 1.807) is 0 Å². The summed E-state index contributed by atoms with van der Waals surface area (Å²) in [7, 11) is 0. The minimum Gasteiger partial charge on any atom is -0.281 e. The maximum atomic E-state index is 4.34. The first-order valence-electron chi connectivity index (χ1n) is 5.28. The summed E-state index contributed by atoms with van der Waals surface area (Å²) in [4.78, 5) is 0. The van der Waals surface area contributed by atoms with Crippen molar-refractivity contribution in [3.05, 3.63) is 40.5 Å². The number of aromatic nitrogens is 2. The van der Waals surface area contributed by atoms with Crippen molar-refractivity contribution in [1.29, 1.82) is 0 Å². The molecule has 0 bridgehead atoms. The van der Waals surface area contributed by atoms with Gasteiger partial charge in [0.15, 0.2) is 0 Å². The van der Waals surface area contributed by atoms with Crippen molar-refractivity contribution >= 4 is 15.9 Å². The molecule has 0 aliphatic rings. The molecule has 3 heteroatoms. The lowest BCUT2D eigenvalue weighted by Crippen LogP contribution is -2.11. The molecule has 1 aromatic carbocycles. The van der Waals surface area contributed by atoms with Gasteiger partial charge in [-0.3, -0.25) is 5.10 Å². The van der Waals surface area contributed by atoms with E-state index >= 15 is 0 Å². The van der Waals surface area contributed by atoms with Crippen LogP contribution in [0.3, 0.4) is 0 Å². The van der Waals surface area contributed by atoms with Crippen molar-refractivity contribution in [3.8, 4) is 11.3 Å². The first kappa shape index (κ1) is 11.4. The third-order valence-corrected chi connectivity index (χ3v) is 3.05. The first-order valence-corrected chi connectivity index (χ1v) is 6.08. The second-order valence-electron chi connectivity index (χ2n) is 4.92. The number of halogens is 1. The largest absolute Gasteiger partial charge is 0.281 e. The summed E-state index contributed by atoms with van der Waals surface area (Å²) in [5.74, 6) is 0. The van der Waals surface area contributed by atoms with E-state index in [-0.39, 0.29) is 5.41 Å². The molecule has 1 aromatic heterocycles. The van der Waals surface area contributed by atoms with E-state index in [1.807, 2.05) is 12.1 Å². The highest BCUT2D eigenvalue weighted by molar-refractivity contribution is 9.10. The average molecular weight is 279 g/mol. The smallest absolute Gasteiger partial charge is 0.0923 e. The Bertz CT molecular complexity index is 477. The minimum atomic E-state index is 0.112. The summed E-state index contributed by atoms with van der Waals surface area (Å²) < 4.78 is 1.09. The maximum Gasteiger partial charge on any atom is 0.0923 e. The highest BCUT2D eigenvalue weighted by atomic mass is 79.9. The Balaban J connectivity index is 2.35. The van der Waals surface area contributed by atoms with Gasteiger partial charge in [-0.1, -0.05) is 48.8 Å². The molecule has 16 heavy (non-hydrogen) atoms. The highest BCUT2D eigenvalue weighted by Gasteiger charge is 2.16. The van der Waals surface area contributed by atoms with Gasteiger partial charge in [0, 0.05) is 21.1 Å². The summed E-state index contributed by atoms with van der Waals surface area (Å²) in [6.07, 6.45) is 0. The molecule has 0 radical (unpaired) electrons. The molecular weight excluding hydrogens is 264 g/mol. The van der Waals surface area contributed by atoms with Crippen LogP contribution >= 0.6 is 15.9 Å². The second-order valence-corrected chi connectivity index (χ2v) is 5.84. The number of nitrogens with one attached hydrogen (secondary N) is 1. The number of aromatic amines is 1. The maximum absolute atomic E-state index is 4.34. The van der Waals surface area contributed by atoms with Crippen molar-refractivity contribution in [1.82, 2.24) is 10.2 Å². The van der Waals surface area contributed by atoms with E-state index in [0.717, 1.165) is 21.4 Å². The van der Waals surface area contributed by atoms with Crippen molar-refractivity contribution < 1.29 is 0 Å². The van der Waals surface area contributed by atoms with Gasteiger partial charge in [-0.15, -0.1) is 0 Å². The molecule has 0 aliphatic heterocycles. The molecule has 2 rings (SSSR count). The van der Waals surface area contributed by atoms with Crippen molar-refractivity contribution in [3.63, 3.8) is 0 Å². The Labute approximate surface area is 104 Å². The lowest BCUT2D eigenvalue weighted by molar-refractivity contribution is 0.567. The summed E-state index contributed by atoms with van der Waals surface area (Å²) in [6.45, 7) is 6.52. The van der Waals surface area contributed by atoms with Gasteiger partial charge >= 0.3 is 0 Å². The third kappa shape index (κ3) is 2.35. The predicted molar refractivity (Wildman–Crippen MR) is 70.4 cm³/mol. The van der Waals surface area contributed by atoms with Crippen LogP contribution in [0.2, 0.25) is 0 Å². The summed E-state index contributed by atoms with van der Waals surface area (Å²) in [5.41, 5.74) is 3.40. The lowest BCUT2D eigenvalue weighted by Gasteiger charge is -2.14. The summed E-state index contributed by atoms with van der Waals surface area (Å²) in [6, 6.07) is 10.3. The number of hydrogen-bond donors (Lipinski definition) is 1. The molecule has 2 nitrogen and oxygen atoms in total. The van der Waals surface area contributed by atoms with Gasteiger partial charge < -0.3 is 0 Å². The molecule has 0 atom stereocenters. The van der Waals surface area contributed by atoms with Gasteiger partial charge in [0.1, 0.15) is 0 Å². The van der Waals surface area contributed by atoms with E-state index in [9.17, 15) is 0 Å². The molecule has 0 spiro atoms. The van der Waals surface area contributed by atoms with Crippen LogP contribution in [0.15, 0.2) is 34.8 Å². The molecule has 0 saturated heterocycles. The normalized spacial score (nSPS) is 11.8. The van der Waals surface area contributed by atoms with Crippen LogP contribution in [0, 0.1) is 0 Å². The Hall–Kier alpha value is -1.09. The Morgan fingerprint density at radius 1 is 1.12 bits per heavy atom. The highest BCUT2D eigenvalue weighted by Crippen LogP contribution is 2.25. The molecule has 1 N–H and O–H groups in total. The van der Waals surface area contributed by atoms with Crippen LogP contribution < -0.4 is 0 Å². The fourth-order valence-electron chi connectivity index (χ4n) is 1.47. The van der Waals surface area contributed by atoms with Crippen LogP contribution in [0.5, 0.6) is 0 Å². The molecule has 0 aliphatic carbocycles. The molecule has 1 heterocycles. The predicted octanol–water partition coefficient (Wildman–Crippen LogP) is 4.14. The zero-order valence-electron chi connectivity index (χ0n) is 9.71.